The van der Waals surface area contributed by atoms with Crippen LogP contribution in [0.3, 0.4) is 0 Å². The summed E-state index contributed by atoms with van der Waals surface area (Å²) in [5, 5.41) is 0. The Morgan fingerprint density at radius 2 is 1.93 bits per heavy atom. The first-order chi connectivity index (χ1) is 6.36. The van der Waals surface area contributed by atoms with Gasteiger partial charge in [0.1, 0.15) is 0 Å². The molecule has 1 rings (SSSR count). The molecule has 0 heterocycles. The second-order valence-corrected chi connectivity index (χ2v) is 3.78. The number of benzene rings is 1. The van der Waals surface area contributed by atoms with E-state index in [1.807, 2.05) is 0 Å². The van der Waals surface area contributed by atoms with Gasteiger partial charge in [0.2, 0.25) is 0 Å². The number of halogens is 4. The maximum atomic E-state index is 12.5. The molecule has 0 aliphatic rings. The van der Waals surface area contributed by atoms with Crippen LogP contribution in [0.4, 0.5) is 13.2 Å². The summed E-state index contributed by atoms with van der Waals surface area (Å²) in [4.78, 5) is 0. The molecular weight excluding hydrogens is 259 g/mol. The molecule has 1 aromatic carbocycles. The fourth-order valence-corrected chi connectivity index (χ4v) is 1.81. The van der Waals surface area contributed by atoms with Crippen LogP contribution < -0.4 is 5.73 Å². The molecule has 0 aliphatic heterocycles. The highest BCUT2D eigenvalue weighted by Crippen LogP contribution is 2.37. The van der Waals surface area contributed by atoms with Crippen LogP contribution >= 0.6 is 15.9 Å². The van der Waals surface area contributed by atoms with Crippen LogP contribution in [0.15, 0.2) is 16.6 Å². The lowest BCUT2D eigenvalue weighted by molar-refractivity contribution is -0.138. The van der Waals surface area contributed by atoms with Gasteiger partial charge in [0.05, 0.1) is 5.56 Å². The lowest BCUT2D eigenvalue weighted by atomic mass is 10.1. The van der Waals surface area contributed by atoms with Crippen LogP contribution in [0.25, 0.3) is 0 Å². The molecule has 5 heteroatoms. The summed E-state index contributed by atoms with van der Waals surface area (Å²) in [5.74, 6) is 0. The van der Waals surface area contributed by atoms with Gasteiger partial charge in [-0.25, -0.2) is 0 Å². The molecule has 2 N–H and O–H groups in total. The smallest absolute Gasteiger partial charge is 0.326 e. The van der Waals surface area contributed by atoms with Crippen LogP contribution in [-0.4, -0.2) is 0 Å². The van der Waals surface area contributed by atoms with Crippen molar-refractivity contribution in [3.63, 3.8) is 0 Å². The first kappa shape index (κ1) is 11.5. The normalized spacial score (nSPS) is 11.9. The van der Waals surface area contributed by atoms with Crippen molar-refractivity contribution in [2.24, 2.45) is 5.73 Å². The highest BCUT2D eigenvalue weighted by Gasteiger charge is 2.33. The third kappa shape index (κ3) is 2.27. The van der Waals surface area contributed by atoms with Crippen LogP contribution in [0, 0.1) is 6.92 Å². The second kappa shape index (κ2) is 3.90. The summed E-state index contributed by atoms with van der Waals surface area (Å²) in [6.07, 6.45) is -4.34. The topological polar surface area (TPSA) is 26.0 Å². The Morgan fingerprint density at radius 1 is 1.36 bits per heavy atom. The van der Waals surface area contributed by atoms with Crippen molar-refractivity contribution in [3.8, 4) is 0 Å². The van der Waals surface area contributed by atoms with E-state index < -0.39 is 11.7 Å². The van der Waals surface area contributed by atoms with E-state index >= 15 is 0 Å². The summed E-state index contributed by atoms with van der Waals surface area (Å²) in [6, 6.07) is 2.74. The van der Waals surface area contributed by atoms with Gasteiger partial charge in [-0.1, -0.05) is 11.6 Å². The van der Waals surface area contributed by atoms with Crippen LogP contribution in [-0.2, 0) is 12.7 Å². The summed E-state index contributed by atoms with van der Waals surface area (Å²) < 4.78 is 37.5. The fourth-order valence-electron chi connectivity index (χ4n) is 1.20. The zero-order valence-electron chi connectivity index (χ0n) is 7.45. The van der Waals surface area contributed by atoms with Crippen molar-refractivity contribution in [2.75, 3.05) is 0 Å². The molecule has 0 saturated carbocycles. The van der Waals surface area contributed by atoms with Crippen molar-refractivity contribution in [3.05, 3.63) is 33.3 Å². The van der Waals surface area contributed by atoms with Crippen molar-refractivity contribution >= 4 is 15.9 Å². The molecule has 0 atom stereocenters. The Hall–Kier alpha value is -0.550. The van der Waals surface area contributed by atoms with Gasteiger partial charge in [-0.15, -0.1) is 0 Å². The summed E-state index contributed by atoms with van der Waals surface area (Å²) in [7, 11) is 0. The number of alkyl halides is 3. The Balaban J connectivity index is 3.37. The first-order valence-electron chi connectivity index (χ1n) is 3.92. The van der Waals surface area contributed by atoms with Gasteiger partial charge in [-0.2, -0.15) is 13.2 Å². The molecule has 0 spiro atoms. The molecule has 1 nitrogen and oxygen atoms in total. The molecule has 0 saturated heterocycles. The van der Waals surface area contributed by atoms with Gasteiger partial charge in [-0.05, 0) is 34.5 Å². The van der Waals surface area contributed by atoms with Crippen molar-refractivity contribution in [1.82, 2.24) is 0 Å². The van der Waals surface area contributed by atoms with Gasteiger partial charge in [0, 0.05) is 11.0 Å². The number of hydrogen-bond donors (Lipinski definition) is 1. The van der Waals surface area contributed by atoms with Crippen LogP contribution in [0.2, 0.25) is 0 Å². The molecule has 0 aliphatic carbocycles. The van der Waals surface area contributed by atoms with E-state index in [1.165, 1.54) is 0 Å². The van der Waals surface area contributed by atoms with E-state index in [2.05, 4.69) is 15.9 Å². The zero-order chi connectivity index (χ0) is 10.9. The van der Waals surface area contributed by atoms with E-state index in [0.717, 1.165) is 6.07 Å². The lowest BCUT2D eigenvalue weighted by Crippen LogP contribution is -2.09. The number of nitrogens with two attached hydrogens (primary N) is 1. The second-order valence-electron chi connectivity index (χ2n) is 2.99. The van der Waals surface area contributed by atoms with E-state index in [0.29, 0.717) is 11.1 Å². The van der Waals surface area contributed by atoms with Gasteiger partial charge in [0.25, 0.3) is 0 Å². The van der Waals surface area contributed by atoms with Crippen LogP contribution in [0.1, 0.15) is 16.7 Å². The quantitative estimate of drug-likeness (QED) is 0.831. The highest BCUT2D eigenvalue weighted by molar-refractivity contribution is 9.10. The van der Waals surface area contributed by atoms with Gasteiger partial charge >= 0.3 is 6.18 Å². The molecule has 78 valence electrons. The molecular formula is C9H9BrF3N. The minimum absolute atomic E-state index is 0.0399. The summed E-state index contributed by atoms with van der Waals surface area (Å²) in [6.45, 7) is 1.70. The van der Waals surface area contributed by atoms with E-state index in [4.69, 9.17) is 5.73 Å². The number of hydrogen-bond acceptors (Lipinski definition) is 1. The maximum absolute atomic E-state index is 12.5. The van der Waals surface area contributed by atoms with Crippen molar-refractivity contribution in [1.29, 1.82) is 0 Å². The Kier molecular flexibility index (Phi) is 3.21. The molecule has 0 unspecified atom stereocenters. The maximum Gasteiger partial charge on any atom is 0.417 e. The average molecular weight is 268 g/mol. The van der Waals surface area contributed by atoms with E-state index in [1.54, 1.807) is 13.0 Å². The van der Waals surface area contributed by atoms with Gasteiger partial charge < -0.3 is 5.73 Å². The minimum atomic E-state index is -4.34. The van der Waals surface area contributed by atoms with Crippen molar-refractivity contribution < 1.29 is 13.2 Å². The molecule has 0 fully saturated rings. The monoisotopic (exact) mass is 267 g/mol. The Morgan fingerprint density at radius 3 is 2.36 bits per heavy atom. The predicted molar refractivity (Wildman–Crippen MR) is 51.8 cm³/mol. The number of aryl methyl sites for hydroxylation is 1. The molecule has 1 aromatic rings. The van der Waals surface area contributed by atoms with E-state index in [-0.39, 0.29) is 11.0 Å². The number of rotatable bonds is 1. The zero-order valence-corrected chi connectivity index (χ0v) is 9.04. The lowest BCUT2D eigenvalue weighted by Gasteiger charge is -2.13. The standard InChI is InChI=1S/C9H9BrF3N/c1-5-2-6(4-14)8(10)7(3-5)9(11,12)13/h2-3H,4,14H2,1H3. The Labute approximate surface area is 88.2 Å². The average Bonchev–Trinajstić information content (AvgIpc) is 2.06. The van der Waals surface area contributed by atoms with Crippen LogP contribution in [0.5, 0.6) is 0 Å². The minimum Gasteiger partial charge on any atom is -0.326 e. The third-order valence-corrected chi connectivity index (χ3v) is 2.75. The fraction of sp³-hybridized carbons (Fsp3) is 0.333. The molecule has 14 heavy (non-hydrogen) atoms. The highest BCUT2D eigenvalue weighted by atomic mass is 79.9. The Bertz CT molecular complexity index is 347. The largest absolute Gasteiger partial charge is 0.417 e. The molecule has 0 aromatic heterocycles. The summed E-state index contributed by atoms with van der Waals surface area (Å²) >= 11 is 2.91. The first-order valence-corrected chi connectivity index (χ1v) is 4.72. The predicted octanol–water partition coefficient (Wildman–Crippen LogP) is 3.24. The molecule has 0 bridgehead atoms. The van der Waals surface area contributed by atoms with Crippen molar-refractivity contribution in [2.45, 2.75) is 19.6 Å². The molecule has 0 amide bonds. The third-order valence-electron chi connectivity index (χ3n) is 1.82. The van der Waals surface area contributed by atoms with Gasteiger partial charge in [0.15, 0.2) is 0 Å². The SMILES string of the molecule is Cc1cc(CN)c(Br)c(C(F)(F)F)c1. The van der Waals surface area contributed by atoms with Gasteiger partial charge in [-0.3, -0.25) is 0 Å². The van der Waals surface area contributed by atoms with E-state index in [9.17, 15) is 13.2 Å². The summed E-state index contributed by atoms with van der Waals surface area (Å²) in [5.41, 5.74) is 5.69. The molecule has 0 radical (unpaired) electrons.